The fourth-order valence-corrected chi connectivity index (χ4v) is 5.35. The Kier molecular flexibility index (Phi) is 10.1. The van der Waals surface area contributed by atoms with E-state index >= 15 is 0 Å². The lowest BCUT2D eigenvalue weighted by atomic mass is 10.1. The summed E-state index contributed by atoms with van der Waals surface area (Å²) in [7, 11) is -5.82. The fourth-order valence-electron chi connectivity index (χ4n) is 1.68. The maximum absolute atomic E-state index is 11.9. The molecule has 0 fully saturated rings. The third kappa shape index (κ3) is 16.1. The van der Waals surface area contributed by atoms with E-state index in [1.54, 1.807) is 0 Å². The predicted octanol–water partition coefficient (Wildman–Crippen LogP) is 4.44. The lowest BCUT2D eigenvalue weighted by molar-refractivity contribution is 0.133. The number of hydrogen-bond donors (Lipinski definition) is 0. The molecule has 0 rings (SSSR count). The second-order valence-electron chi connectivity index (χ2n) is 4.37. The first kappa shape index (κ1) is 17.1. The van der Waals surface area contributed by atoms with Crippen molar-refractivity contribution in [1.82, 2.24) is 0 Å². The summed E-state index contributed by atoms with van der Waals surface area (Å²) in [6.07, 6.45) is 2.07. The molecule has 0 N–H and O–H groups in total. The molecule has 0 atom stereocenters. The molecule has 0 unspecified atom stereocenters. The lowest BCUT2D eigenvalue weighted by Crippen LogP contribution is -2.14. The van der Waals surface area contributed by atoms with Crippen molar-refractivity contribution in [2.24, 2.45) is 0 Å². The Bertz CT molecular complexity index is 173. The zero-order valence-corrected chi connectivity index (χ0v) is 12.5. The summed E-state index contributed by atoms with van der Waals surface area (Å²) in [4.78, 5) is 0. The van der Waals surface area contributed by atoms with Crippen LogP contribution in [0.2, 0.25) is 18.1 Å². The monoisotopic (exact) mass is 292 g/mol. The van der Waals surface area contributed by atoms with Crippen molar-refractivity contribution >= 4 is 18.6 Å². The summed E-state index contributed by atoms with van der Waals surface area (Å²) < 4.78 is 59.3. The number of rotatable bonds is 11. The molecule has 0 bridgehead atoms. The van der Waals surface area contributed by atoms with Crippen LogP contribution in [-0.2, 0) is 0 Å². The maximum atomic E-state index is 11.9. The summed E-state index contributed by atoms with van der Waals surface area (Å²) in [6, 6.07) is 0.883. The van der Waals surface area contributed by atoms with Crippen LogP contribution in [0.5, 0.6) is 0 Å². The van der Waals surface area contributed by atoms with Crippen molar-refractivity contribution < 1.29 is 21.1 Å². The van der Waals surface area contributed by atoms with Crippen molar-refractivity contribution in [3.05, 3.63) is 0 Å². The Morgan fingerprint density at radius 2 is 1.41 bits per heavy atom. The van der Waals surface area contributed by atoms with Gasteiger partial charge < -0.3 is 0 Å². The molecule has 0 aromatic heterocycles. The van der Waals surface area contributed by atoms with Gasteiger partial charge in [0.2, 0.25) is 6.43 Å². The van der Waals surface area contributed by atoms with Crippen molar-refractivity contribution in [3.8, 4) is 0 Å². The van der Waals surface area contributed by atoms with E-state index < -0.39 is 31.1 Å². The second kappa shape index (κ2) is 10.0. The minimum atomic E-state index is -5.29. The van der Waals surface area contributed by atoms with Crippen LogP contribution in [0, 0.1) is 0 Å². The second-order valence-corrected chi connectivity index (χ2v) is 8.23. The highest BCUT2D eigenvalue weighted by atomic mass is 28.5. The van der Waals surface area contributed by atoms with Crippen molar-refractivity contribution in [1.29, 1.82) is 0 Å². The zero-order valence-electron chi connectivity index (χ0n) is 10.0. The molecule has 0 saturated heterocycles. The third-order valence-electron chi connectivity index (χ3n) is 2.63. The normalized spacial score (nSPS) is 13.1. The number of alkyl halides is 2. The Balaban J connectivity index is 3.04. The molecule has 0 aromatic carbocycles. The summed E-state index contributed by atoms with van der Waals surface area (Å²) in [5.41, 5.74) is 0. The van der Waals surface area contributed by atoms with E-state index in [2.05, 4.69) is 0 Å². The van der Waals surface area contributed by atoms with E-state index in [0.29, 0.717) is 12.5 Å². The van der Waals surface area contributed by atoms with Gasteiger partial charge in [-0.1, -0.05) is 37.8 Å². The molecule has 0 saturated carbocycles. The minimum absolute atomic E-state index is 0.0229. The molecular formula is C10H21F5Si2. The molecular weight excluding hydrogens is 271 g/mol. The Morgan fingerprint density at radius 3 is 2.00 bits per heavy atom. The van der Waals surface area contributed by atoms with Crippen LogP contribution in [0.3, 0.4) is 0 Å². The van der Waals surface area contributed by atoms with E-state index in [-0.39, 0.29) is 6.42 Å². The van der Waals surface area contributed by atoms with Crippen LogP contribution in [0.1, 0.15) is 38.5 Å². The quantitative estimate of drug-likeness (QED) is 0.228. The van der Waals surface area contributed by atoms with Gasteiger partial charge in [0.25, 0.3) is 0 Å². The summed E-state index contributed by atoms with van der Waals surface area (Å²) in [6.45, 7) is 0. The highest BCUT2D eigenvalue weighted by molar-refractivity contribution is 6.59. The number of hydrogen-bond acceptors (Lipinski definition) is 0. The van der Waals surface area contributed by atoms with E-state index in [4.69, 9.17) is 0 Å². The molecule has 17 heavy (non-hydrogen) atoms. The average molecular weight is 292 g/mol. The van der Waals surface area contributed by atoms with Gasteiger partial charge in [-0.2, -0.15) is 0 Å². The van der Waals surface area contributed by atoms with Gasteiger partial charge in [0, 0.05) is 22.0 Å². The molecule has 0 radical (unpaired) electrons. The summed E-state index contributed by atoms with van der Waals surface area (Å²) in [5.74, 6) is 0. The maximum Gasteiger partial charge on any atom is 0.615 e. The summed E-state index contributed by atoms with van der Waals surface area (Å²) in [5, 5.41) is 0. The predicted molar refractivity (Wildman–Crippen MR) is 65.7 cm³/mol. The zero-order chi connectivity index (χ0) is 13.1. The van der Waals surface area contributed by atoms with Gasteiger partial charge in [-0.3, -0.25) is 0 Å². The molecule has 104 valence electrons. The van der Waals surface area contributed by atoms with Gasteiger partial charge in [0.1, 0.15) is 0 Å². The van der Waals surface area contributed by atoms with Crippen molar-refractivity contribution in [3.63, 3.8) is 0 Å². The van der Waals surface area contributed by atoms with Crippen LogP contribution < -0.4 is 0 Å². The van der Waals surface area contributed by atoms with Crippen LogP contribution in [-0.4, -0.2) is 25.0 Å². The Hall–Kier alpha value is 0.0838. The van der Waals surface area contributed by atoms with E-state index in [1.807, 2.05) is 0 Å². The van der Waals surface area contributed by atoms with Crippen molar-refractivity contribution in [2.75, 3.05) is 0 Å². The molecule has 0 aliphatic carbocycles. The molecule has 0 spiro atoms. The highest BCUT2D eigenvalue weighted by Gasteiger charge is 2.35. The molecule has 0 aromatic rings. The van der Waals surface area contributed by atoms with Gasteiger partial charge in [0.05, 0.1) is 0 Å². The van der Waals surface area contributed by atoms with Crippen LogP contribution in [0.25, 0.3) is 0 Å². The van der Waals surface area contributed by atoms with Crippen LogP contribution in [0.15, 0.2) is 0 Å². The molecule has 0 heterocycles. The number of halogens is 5. The minimum Gasteiger partial charge on any atom is -0.238 e. The SMILES string of the molecule is FC(F)CCCCCCC[SiH2]CC[Si](F)(F)F. The molecule has 0 aliphatic heterocycles. The van der Waals surface area contributed by atoms with Gasteiger partial charge in [-0.05, 0) is 6.42 Å². The van der Waals surface area contributed by atoms with Crippen LogP contribution >= 0.6 is 0 Å². The first-order valence-electron chi connectivity index (χ1n) is 6.27. The van der Waals surface area contributed by atoms with Gasteiger partial charge in [-0.15, -0.1) is 0 Å². The molecule has 0 nitrogen and oxygen atoms in total. The number of unbranched alkanes of at least 4 members (excludes halogenated alkanes) is 4. The smallest absolute Gasteiger partial charge is 0.238 e. The lowest BCUT2D eigenvalue weighted by Gasteiger charge is -2.03. The largest absolute Gasteiger partial charge is 0.615 e. The Labute approximate surface area is 103 Å². The van der Waals surface area contributed by atoms with Crippen molar-refractivity contribution in [2.45, 2.75) is 63.1 Å². The topological polar surface area (TPSA) is 0 Å². The first-order valence-corrected chi connectivity index (χ1v) is 10.1. The van der Waals surface area contributed by atoms with Gasteiger partial charge in [-0.25, -0.2) is 21.1 Å². The molecule has 7 heteroatoms. The standard InChI is InChI=1S/C10H21F5Si2/c11-10(12)6-4-2-1-3-5-7-16-8-9-17(13,14)15/h10H,1-9,16H2. The third-order valence-corrected chi connectivity index (χ3v) is 6.11. The first-order chi connectivity index (χ1) is 7.92. The van der Waals surface area contributed by atoms with Gasteiger partial charge >= 0.3 is 9.08 Å². The highest BCUT2D eigenvalue weighted by Crippen LogP contribution is 2.18. The summed E-state index contributed by atoms with van der Waals surface area (Å²) >= 11 is 0. The van der Waals surface area contributed by atoms with E-state index in [9.17, 15) is 21.1 Å². The average Bonchev–Trinajstić information content (AvgIpc) is 2.18. The Morgan fingerprint density at radius 1 is 0.824 bits per heavy atom. The fraction of sp³-hybridized carbons (Fsp3) is 1.00. The van der Waals surface area contributed by atoms with Gasteiger partial charge in [0.15, 0.2) is 0 Å². The van der Waals surface area contributed by atoms with Crippen LogP contribution in [0.4, 0.5) is 21.1 Å². The van der Waals surface area contributed by atoms with E-state index in [1.165, 1.54) is 0 Å². The van der Waals surface area contributed by atoms with E-state index in [0.717, 1.165) is 31.7 Å². The molecule has 0 aliphatic rings. The molecule has 0 amide bonds.